The third kappa shape index (κ3) is 2.77. The lowest BCUT2D eigenvalue weighted by atomic mass is 9.40. The number of fused-ring (bicyclic) bond motifs is 4. The highest BCUT2D eigenvalue weighted by Crippen LogP contribution is 2.90. The van der Waals surface area contributed by atoms with Crippen LogP contribution in [0, 0.1) is 50.7 Å². The fourth-order valence-electron chi connectivity index (χ4n) is 13.1. The van der Waals surface area contributed by atoms with Crippen LogP contribution in [0.3, 0.4) is 0 Å². The topological polar surface area (TPSA) is 105 Å². The van der Waals surface area contributed by atoms with Gasteiger partial charge in [0.05, 0.1) is 18.3 Å². The van der Waals surface area contributed by atoms with Crippen molar-refractivity contribution in [1.29, 1.82) is 0 Å². The molecule has 7 rings (SSSR count). The minimum atomic E-state index is -1.18. The lowest BCUT2D eigenvalue weighted by Gasteiger charge is -2.64. The van der Waals surface area contributed by atoms with E-state index < -0.39 is 35.1 Å². The Morgan fingerprint density at radius 1 is 0.949 bits per heavy atom. The van der Waals surface area contributed by atoms with Gasteiger partial charge in [-0.2, -0.15) is 0 Å². The first-order chi connectivity index (χ1) is 17.9. The molecular formula is C32H50O7. The predicted molar refractivity (Wildman–Crippen MR) is 143 cm³/mol. The molecule has 0 aromatic carbocycles. The maximum Gasteiger partial charge on any atom is 0.303 e. The smallest absolute Gasteiger partial charge is 0.303 e. The second-order valence-electron chi connectivity index (χ2n) is 16.6. The molecule has 7 fully saturated rings. The molecule has 7 nitrogen and oxygen atoms in total. The average Bonchev–Trinajstić information content (AvgIpc) is 3.31. The van der Waals surface area contributed by atoms with E-state index in [2.05, 4.69) is 34.6 Å². The first-order valence-electron chi connectivity index (χ1n) is 15.5. The molecule has 3 N–H and O–H groups in total. The van der Waals surface area contributed by atoms with Gasteiger partial charge in [0, 0.05) is 18.3 Å². The number of aliphatic hydroxyl groups is 3. The molecule has 220 valence electrons. The van der Waals surface area contributed by atoms with E-state index in [1.54, 1.807) is 0 Å². The van der Waals surface area contributed by atoms with Gasteiger partial charge in [-0.05, 0) is 98.2 Å². The van der Waals surface area contributed by atoms with Crippen LogP contribution in [0.25, 0.3) is 0 Å². The standard InChI is InChI=1S/C32H50O7/c1-16-13-19-24(27(5,6)37-17(2)33)39-32(38-19)22(16)28(7)11-12-31-15-30(31)10-9-21(35)26(3,4)20(30)14-18(34)23(31)29(28,8)25(32)36/h16,18-25,34-36H,9-15H2,1-8H3/t16-,18+,19-,20+,21+,22-,23+,24+,25-,28-,29-,30-,31+,32+/m1/s1. The molecule has 0 amide bonds. The van der Waals surface area contributed by atoms with E-state index in [4.69, 9.17) is 14.2 Å². The number of ether oxygens (including phenoxy) is 3. The number of carbonyl (C=O) groups excluding carboxylic acids is 1. The van der Waals surface area contributed by atoms with Gasteiger partial charge in [0.15, 0.2) is 5.79 Å². The average molecular weight is 547 g/mol. The molecule has 5 saturated carbocycles. The second kappa shape index (κ2) is 7.42. The number of aliphatic hydroxyl groups excluding tert-OH is 3. The molecule has 3 spiro atoms. The SMILES string of the molecule is CC(=O)OC(C)(C)[C@H]1O[C@@]23O[C@@H]1C[C@@H](C)[C@@H]2[C@@]1(C)CC[C@@]24C[C@@]25CC[C@H](O)C(C)(C)[C@@H]5C[C@H](O)[C@H]4[C@]1(C)[C@H]3O. The van der Waals surface area contributed by atoms with Crippen molar-refractivity contribution in [1.82, 2.24) is 0 Å². The Hall–Kier alpha value is -0.730. The van der Waals surface area contributed by atoms with Crippen molar-refractivity contribution in [2.45, 2.75) is 142 Å². The first-order valence-corrected chi connectivity index (χ1v) is 15.5. The summed E-state index contributed by atoms with van der Waals surface area (Å²) in [5.41, 5.74) is -1.91. The summed E-state index contributed by atoms with van der Waals surface area (Å²) in [6, 6.07) is 0. The molecule has 0 radical (unpaired) electrons. The highest BCUT2D eigenvalue weighted by atomic mass is 16.8. The molecule has 2 saturated heterocycles. The summed E-state index contributed by atoms with van der Waals surface area (Å²) in [4.78, 5) is 12.0. The lowest BCUT2D eigenvalue weighted by Crippen LogP contribution is -2.64. The molecule has 7 heteroatoms. The summed E-state index contributed by atoms with van der Waals surface area (Å²) in [5.74, 6) is -1.08. The van der Waals surface area contributed by atoms with Crippen molar-refractivity contribution >= 4 is 5.97 Å². The molecule has 0 unspecified atom stereocenters. The van der Waals surface area contributed by atoms with Crippen molar-refractivity contribution in [3.63, 3.8) is 0 Å². The van der Waals surface area contributed by atoms with Crippen LogP contribution < -0.4 is 0 Å². The number of esters is 1. The van der Waals surface area contributed by atoms with Crippen molar-refractivity contribution in [3.05, 3.63) is 0 Å². The van der Waals surface area contributed by atoms with E-state index in [1.165, 1.54) is 6.92 Å². The number of hydrogen-bond donors (Lipinski definition) is 3. The summed E-state index contributed by atoms with van der Waals surface area (Å²) < 4.78 is 19.5. The van der Waals surface area contributed by atoms with E-state index in [0.29, 0.717) is 6.42 Å². The van der Waals surface area contributed by atoms with Crippen LogP contribution >= 0.6 is 0 Å². The number of carbonyl (C=O) groups is 1. The molecule has 0 aromatic heterocycles. The third-order valence-electron chi connectivity index (χ3n) is 14.5. The van der Waals surface area contributed by atoms with Crippen LogP contribution in [0.4, 0.5) is 0 Å². The van der Waals surface area contributed by atoms with Crippen molar-refractivity contribution in [3.8, 4) is 0 Å². The van der Waals surface area contributed by atoms with Gasteiger partial charge in [-0.3, -0.25) is 4.79 Å². The van der Waals surface area contributed by atoms with E-state index in [0.717, 1.165) is 38.5 Å². The molecule has 14 atom stereocenters. The van der Waals surface area contributed by atoms with Gasteiger partial charge < -0.3 is 29.5 Å². The van der Waals surface area contributed by atoms with Crippen molar-refractivity contribution in [2.24, 2.45) is 50.7 Å². The second-order valence-corrected chi connectivity index (χ2v) is 16.6. The minimum Gasteiger partial charge on any atom is -0.457 e. The van der Waals surface area contributed by atoms with E-state index in [9.17, 15) is 20.1 Å². The zero-order valence-corrected chi connectivity index (χ0v) is 25.1. The van der Waals surface area contributed by atoms with Crippen molar-refractivity contribution in [2.75, 3.05) is 0 Å². The van der Waals surface area contributed by atoms with Crippen molar-refractivity contribution < 1.29 is 34.3 Å². The zero-order valence-electron chi connectivity index (χ0n) is 25.1. The summed E-state index contributed by atoms with van der Waals surface area (Å²) in [6.07, 6.45) is 3.84. The Labute approximate surface area is 233 Å². The molecule has 0 aromatic rings. The minimum absolute atomic E-state index is 0.0240. The van der Waals surface area contributed by atoms with Gasteiger partial charge in [-0.25, -0.2) is 0 Å². The molecule has 2 heterocycles. The van der Waals surface area contributed by atoms with Crippen LogP contribution in [0.5, 0.6) is 0 Å². The largest absolute Gasteiger partial charge is 0.457 e. The monoisotopic (exact) mass is 546 g/mol. The summed E-state index contributed by atoms with van der Waals surface area (Å²) >= 11 is 0. The van der Waals surface area contributed by atoms with E-state index in [-0.39, 0.29) is 63.5 Å². The number of hydrogen-bond acceptors (Lipinski definition) is 7. The Morgan fingerprint density at radius 3 is 2.31 bits per heavy atom. The van der Waals surface area contributed by atoms with Crippen LogP contribution in [0.2, 0.25) is 0 Å². The van der Waals surface area contributed by atoms with Crippen LogP contribution in [0.15, 0.2) is 0 Å². The third-order valence-corrected chi connectivity index (χ3v) is 14.5. The summed E-state index contributed by atoms with van der Waals surface area (Å²) in [7, 11) is 0. The van der Waals surface area contributed by atoms with Crippen LogP contribution in [-0.4, -0.2) is 63.2 Å². The van der Waals surface area contributed by atoms with Crippen LogP contribution in [-0.2, 0) is 19.0 Å². The molecule has 2 bridgehead atoms. The van der Waals surface area contributed by atoms with Gasteiger partial charge in [0.25, 0.3) is 0 Å². The fraction of sp³-hybridized carbons (Fsp3) is 0.969. The van der Waals surface area contributed by atoms with Gasteiger partial charge in [0.1, 0.15) is 17.8 Å². The Balaban J connectivity index is 1.32. The van der Waals surface area contributed by atoms with Gasteiger partial charge >= 0.3 is 5.97 Å². The summed E-state index contributed by atoms with van der Waals surface area (Å²) in [5, 5.41) is 35.7. The summed E-state index contributed by atoms with van der Waals surface area (Å²) in [6.45, 7) is 16.4. The zero-order chi connectivity index (χ0) is 28.3. The normalized spacial score (nSPS) is 60.3. The fourth-order valence-corrected chi connectivity index (χ4v) is 13.1. The van der Waals surface area contributed by atoms with E-state index in [1.807, 2.05) is 13.8 Å². The Morgan fingerprint density at radius 2 is 1.64 bits per heavy atom. The molecular weight excluding hydrogens is 496 g/mol. The molecule has 2 aliphatic heterocycles. The maximum atomic E-state index is 12.6. The van der Waals surface area contributed by atoms with Gasteiger partial charge in [-0.15, -0.1) is 0 Å². The van der Waals surface area contributed by atoms with Gasteiger partial charge in [0.2, 0.25) is 0 Å². The molecule has 5 aliphatic carbocycles. The molecule has 7 aliphatic rings. The molecule has 39 heavy (non-hydrogen) atoms. The highest BCUT2D eigenvalue weighted by molar-refractivity contribution is 5.66. The maximum absolute atomic E-state index is 12.6. The van der Waals surface area contributed by atoms with E-state index >= 15 is 0 Å². The quantitative estimate of drug-likeness (QED) is 0.446. The number of rotatable bonds is 2. The highest BCUT2D eigenvalue weighted by Gasteiger charge is 2.89. The predicted octanol–water partition coefficient (Wildman–Crippen LogP) is 4.20. The Bertz CT molecular complexity index is 1100. The Kier molecular flexibility index (Phi) is 5.16. The van der Waals surface area contributed by atoms with Crippen LogP contribution in [0.1, 0.15) is 100 Å². The van der Waals surface area contributed by atoms with Gasteiger partial charge in [-0.1, -0.05) is 34.6 Å². The first kappa shape index (κ1) is 27.1. The lowest BCUT2D eigenvalue weighted by molar-refractivity contribution is -0.284.